The van der Waals surface area contributed by atoms with Crippen molar-refractivity contribution in [3.63, 3.8) is 0 Å². The first-order valence-electron chi connectivity index (χ1n) is 7.22. The van der Waals surface area contributed by atoms with Gasteiger partial charge in [0.2, 0.25) is 10.0 Å². The Hall–Kier alpha value is -0.870. The van der Waals surface area contributed by atoms with Gasteiger partial charge >= 0.3 is 0 Å². The molecule has 4 nitrogen and oxygen atoms in total. The second-order valence-electron chi connectivity index (χ2n) is 5.40. The molecule has 0 unspecified atom stereocenters. The van der Waals surface area contributed by atoms with Crippen molar-refractivity contribution in [2.45, 2.75) is 38.1 Å². The molecule has 0 spiro atoms. The number of nitrogens with one attached hydrogen (secondary N) is 1. The van der Waals surface area contributed by atoms with Gasteiger partial charge in [-0.25, -0.2) is 8.42 Å². The first-order chi connectivity index (χ1) is 10.0. The fraction of sp³-hybridized carbons (Fsp3) is 0.600. The summed E-state index contributed by atoms with van der Waals surface area (Å²) in [5.41, 5.74) is 0.811. The van der Waals surface area contributed by atoms with Crippen LogP contribution in [0.4, 0.5) is 0 Å². The van der Waals surface area contributed by atoms with Gasteiger partial charge in [-0.3, -0.25) is 0 Å². The lowest BCUT2D eigenvalue weighted by Crippen LogP contribution is -2.34. The summed E-state index contributed by atoms with van der Waals surface area (Å²) in [6.45, 7) is 5.94. The van der Waals surface area contributed by atoms with Crippen molar-refractivity contribution in [2.75, 3.05) is 19.6 Å². The van der Waals surface area contributed by atoms with E-state index in [9.17, 15) is 8.42 Å². The molecule has 21 heavy (non-hydrogen) atoms. The molecule has 0 saturated heterocycles. The molecule has 1 saturated carbocycles. The Morgan fingerprint density at radius 3 is 2.81 bits per heavy atom. The van der Waals surface area contributed by atoms with Crippen LogP contribution in [0.3, 0.4) is 0 Å². The number of sulfonamides is 1. The lowest BCUT2D eigenvalue weighted by atomic mass is 10.3. The van der Waals surface area contributed by atoms with Crippen LogP contribution < -0.4 is 5.32 Å². The molecule has 0 bridgehead atoms. The van der Waals surface area contributed by atoms with Crippen LogP contribution in [-0.4, -0.2) is 32.4 Å². The molecule has 1 aliphatic carbocycles. The van der Waals surface area contributed by atoms with E-state index in [4.69, 9.17) is 6.42 Å². The molecule has 0 aliphatic heterocycles. The smallest absolute Gasteiger partial charge is 0.245 e. The molecule has 0 atom stereocenters. The van der Waals surface area contributed by atoms with Crippen molar-refractivity contribution in [3.05, 3.63) is 15.8 Å². The van der Waals surface area contributed by atoms with Gasteiger partial charge in [-0.1, -0.05) is 12.8 Å². The SMILES string of the molecule is C#CCN(CC1CC1)S(=O)(=O)c1c(C)csc1CNCC. The maximum atomic E-state index is 13.0. The number of hydrogen-bond donors (Lipinski definition) is 1. The van der Waals surface area contributed by atoms with Crippen LogP contribution in [0.5, 0.6) is 0 Å². The van der Waals surface area contributed by atoms with Gasteiger partial charge in [0.25, 0.3) is 0 Å². The van der Waals surface area contributed by atoms with Crippen LogP contribution in [0.25, 0.3) is 0 Å². The maximum Gasteiger partial charge on any atom is 0.245 e. The summed E-state index contributed by atoms with van der Waals surface area (Å²) in [5, 5.41) is 5.11. The lowest BCUT2D eigenvalue weighted by molar-refractivity contribution is 0.429. The summed E-state index contributed by atoms with van der Waals surface area (Å²) in [6.07, 6.45) is 7.57. The fourth-order valence-corrected chi connectivity index (χ4v) is 5.42. The van der Waals surface area contributed by atoms with E-state index in [0.29, 0.717) is 23.9 Å². The van der Waals surface area contributed by atoms with Gasteiger partial charge in [0.15, 0.2) is 0 Å². The van der Waals surface area contributed by atoms with Gasteiger partial charge in [-0.05, 0) is 43.2 Å². The predicted molar refractivity (Wildman–Crippen MR) is 86.8 cm³/mol. The monoisotopic (exact) mass is 326 g/mol. The second kappa shape index (κ2) is 6.93. The molecule has 1 N–H and O–H groups in total. The predicted octanol–water partition coefficient (Wildman–Crippen LogP) is 2.20. The standard InChI is InChI=1S/C15H22N2O2S2/c1-4-8-17(10-13-6-7-13)21(18,19)15-12(3)11-20-14(15)9-16-5-2/h1,11,13,16H,5-10H2,2-3H3. The molecule has 1 aromatic rings. The molecule has 1 aromatic heterocycles. The molecule has 2 rings (SSSR count). The van der Waals surface area contributed by atoms with E-state index in [1.807, 2.05) is 19.2 Å². The van der Waals surface area contributed by atoms with Crippen LogP contribution in [0.15, 0.2) is 10.3 Å². The Kier molecular flexibility index (Phi) is 5.44. The van der Waals surface area contributed by atoms with Gasteiger partial charge in [-0.2, -0.15) is 4.31 Å². The van der Waals surface area contributed by atoms with Gasteiger partial charge in [-0.15, -0.1) is 17.8 Å². The zero-order chi connectivity index (χ0) is 15.5. The number of thiophene rings is 1. The topological polar surface area (TPSA) is 49.4 Å². The highest BCUT2D eigenvalue weighted by Gasteiger charge is 2.33. The van der Waals surface area contributed by atoms with Crippen LogP contribution in [0.1, 0.15) is 30.2 Å². The molecule has 0 radical (unpaired) electrons. The lowest BCUT2D eigenvalue weighted by Gasteiger charge is -2.20. The molecule has 116 valence electrons. The minimum atomic E-state index is -3.51. The molecule has 1 fully saturated rings. The van der Waals surface area contributed by atoms with Crippen molar-refractivity contribution in [2.24, 2.45) is 5.92 Å². The third-order valence-electron chi connectivity index (χ3n) is 3.55. The zero-order valence-corrected chi connectivity index (χ0v) is 14.2. The number of nitrogens with zero attached hydrogens (tertiary/aromatic N) is 1. The summed E-state index contributed by atoms with van der Waals surface area (Å²) >= 11 is 1.49. The Labute approximate surface area is 131 Å². The van der Waals surface area contributed by atoms with E-state index in [-0.39, 0.29) is 6.54 Å². The molecule has 1 aliphatic rings. The summed E-state index contributed by atoms with van der Waals surface area (Å²) < 4.78 is 27.4. The van der Waals surface area contributed by atoms with E-state index in [1.54, 1.807) is 0 Å². The zero-order valence-electron chi connectivity index (χ0n) is 12.6. The second-order valence-corrected chi connectivity index (χ2v) is 8.24. The number of aryl methyl sites for hydroxylation is 1. The van der Waals surface area contributed by atoms with Crippen molar-refractivity contribution in [3.8, 4) is 12.3 Å². The van der Waals surface area contributed by atoms with Crippen molar-refractivity contribution >= 4 is 21.4 Å². The van der Waals surface area contributed by atoms with Crippen LogP contribution >= 0.6 is 11.3 Å². The minimum absolute atomic E-state index is 0.148. The Balaban J connectivity index is 2.32. The van der Waals surface area contributed by atoms with E-state index >= 15 is 0 Å². The fourth-order valence-electron chi connectivity index (χ4n) is 2.26. The summed E-state index contributed by atoms with van der Waals surface area (Å²) in [4.78, 5) is 1.32. The van der Waals surface area contributed by atoms with Crippen molar-refractivity contribution in [1.82, 2.24) is 9.62 Å². The highest BCUT2D eigenvalue weighted by molar-refractivity contribution is 7.89. The van der Waals surface area contributed by atoms with Crippen LogP contribution in [0.2, 0.25) is 0 Å². The Morgan fingerprint density at radius 2 is 2.24 bits per heavy atom. The van der Waals surface area contributed by atoms with Crippen LogP contribution in [0, 0.1) is 25.2 Å². The molecule has 0 aromatic carbocycles. The van der Waals surface area contributed by atoms with Crippen molar-refractivity contribution in [1.29, 1.82) is 0 Å². The summed E-state index contributed by atoms with van der Waals surface area (Å²) in [5.74, 6) is 2.96. The van der Waals surface area contributed by atoms with Gasteiger partial charge in [0.05, 0.1) is 6.54 Å². The Morgan fingerprint density at radius 1 is 1.52 bits per heavy atom. The molecule has 6 heteroatoms. The molecular weight excluding hydrogens is 304 g/mol. The Bertz CT molecular complexity index is 625. The quantitative estimate of drug-likeness (QED) is 0.745. The van der Waals surface area contributed by atoms with E-state index < -0.39 is 10.0 Å². The number of terminal acetylenes is 1. The van der Waals surface area contributed by atoms with Gasteiger partial charge in [0.1, 0.15) is 4.90 Å². The first kappa shape index (κ1) is 16.5. The molecular formula is C15H22N2O2S2. The average Bonchev–Trinajstić information content (AvgIpc) is 3.17. The highest BCUT2D eigenvalue weighted by atomic mass is 32.2. The summed E-state index contributed by atoms with van der Waals surface area (Å²) in [6, 6.07) is 0. The van der Waals surface area contributed by atoms with E-state index in [1.165, 1.54) is 15.6 Å². The number of hydrogen-bond acceptors (Lipinski definition) is 4. The molecule has 0 amide bonds. The average molecular weight is 326 g/mol. The van der Waals surface area contributed by atoms with E-state index in [2.05, 4.69) is 11.2 Å². The third-order valence-corrected chi connectivity index (χ3v) is 6.83. The maximum absolute atomic E-state index is 13.0. The van der Waals surface area contributed by atoms with Crippen LogP contribution in [-0.2, 0) is 16.6 Å². The summed E-state index contributed by atoms with van der Waals surface area (Å²) in [7, 11) is -3.51. The first-order valence-corrected chi connectivity index (χ1v) is 9.54. The largest absolute Gasteiger partial charge is 0.312 e. The van der Waals surface area contributed by atoms with Gasteiger partial charge < -0.3 is 5.32 Å². The minimum Gasteiger partial charge on any atom is -0.312 e. The number of rotatable bonds is 8. The third kappa shape index (κ3) is 3.86. The highest BCUT2D eigenvalue weighted by Crippen LogP contribution is 2.34. The molecule has 1 heterocycles. The normalized spacial score (nSPS) is 15.3. The van der Waals surface area contributed by atoms with Crippen molar-refractivity contribution < 1.29 is 8.42 Å². The van der Waals surface area contributed by atoms with Gasteiger partial charge in [0, 0.05) is 18.0 Å². The van der Waals surface area contributed by atoms with E-state index in [0.717, 1.165) is 29.8 Å².